The van der Waals surface area contributed by atoms with Gasteiger partial charge in [0.1, 0.15) is 12.4 Å². The number of aryl methyl sites for hydroxylation is 1. The van der Waals surface area contributed by atoms with Crippen molar-refractivity contribution in [2.45, 2.75) is 19.6 Å². The second-order valence-corrected chi connectivity index (χ2v) is 4.66. The number of benzene rings is 2. The quantitative estimate of drug-likeness (QED) is 0.864. The van der Waals surface area contributed by atoms with Crippen molar-refractivity contribution < 1.29 is 4.74 Å². The summed E-state index contributed by atoms with van der Waals surface area (Å²) in [5, 5.41) is 0. The average molecular weight is 256 g/mol. The molecule has 0 spiro atoms. The first-order valence-corrected chi connectivity index (χ1v) is 6.43. The Morgan fingerprint density at radius 2 is 1.84 bits per heavy atom. The number of hydrogen-bond acceptors (Lipinski definition) is 3. The summed E-state index contributed by atoms with van der Waals surface area (Å²) in [5.74, 6) is 0.812. The molecule has 0 aromatic heterocycles. The molecule has 0 aliphatic carbocycles. The Bertz CT molecular complexity index is 526. The van der Waals surface area contributed by atoms with Gasteiger partial charge in [-0.3, -0.25) is 0 Å². The molecule has 4 N–H and O–H groups in total. The number of nitrogens with two attached hydrogens (primary N) is 2. The van der Waals surface area contributed by atoms with Crippen molar-refractivity contribution in [1.82, 2.24) is 0 Å². The molecule has 100 valence electrons. The van der Waals surface area contributed by atoms with E-state index in [-0.39, 0.29) is 6.04 Å². The van der Waals surface area contributed by atoms with Crippen LogP contribution in [0.2, 0.25) is 0 Å². The largest absolute Gasteiger partial charge is 0.489 e. The first-order valence-electron chi connectivity index (χ1n) is 6.43. The van der Waals surface area contributed by atoms with Crippen molar-refractivity contribution in [3.05, 3.63) is 65.2 Å². The Morgan fingerprint density at radius 1 is 1.11 bits per heavy atom. The van der Waals surface area contributed by atoms with Gasteiger partial charge in [-0.25, -0.2) is 0 Å². The highest BCUT2D eigenvalue weighted by Gasteiger charge is 2.11. The summed E-state index contributed by atoms with van der Waals surface area (Å²) in [4.78, 5) is 0. The summed E-state index contributed by atoms with van der Waals surface area (Å²) < 4.78 is 5.87. The van der Waals surface area contributed by atoms with E-state index in [9.17, 15) is 0 Å². The summed E-state index contributed by atoms with van der Waals surface area (Å²) in [7, 11) is 0. The van der Waals surface area contributed by atoms with Crippen LogP contribution in [0.25, 0.3) is 0 Å². The summed E-state index contributed by atoms with van der Waals surface area (Å²) in [6.45, 7) is 2.98. The lowest BCUT2D eigenvalue weighted by atomic mass is 10.0. The zero-order valence-corrected chi connectivity index (χ0v) is 11.2. The van der Waals surface area contributed by atoms with Crippen LogP contribution in [0.5, 0.6) is 5.75 Å². The van der Waals surface area contributed by atoms with Crippen LogP contribution in [0.1, 0.15) is 22.7 Å². The number of rotatable bonds is 5. The molecular formula is C16H20N2O. The first kappa shape index (κ1) is 13.6. The smallest absolute Gasteiger partial charge is 0.124 e. The van der Waals surface area contributed by atoms with Crippen LogP contribution in [0.3, 0.4) is 0 Å². The van der Waals surface area contributed by atoms with Gasteiger partial charge in [-0.1, -0.05) is 48.0 Å². The second kappa shape index (κ2) is 6.36. The summed E-state index contributed by atoms with van der Waals surface area (Å²) in [6.07, 6.45) is 0. The van der Waals surface area contributed by atoms with Crippen molar-refractivity contribution in [2.75, 3.05) is 6.54 Å². The minimum absolute atomic E-state index is 0.189. The lowest BCUT2D eigenvalue weighted by Crippen LogP contribution is -2.21. The SMILES string of the molecule is Cc1ccc(OCc2ccccc2)c(C(N)CN)c1. The predicted molar refractivity (Wildman–Crippen MR) is 77.9 cm³/mol. The molecule has 1 unspecified atom stereocenters. The molecule has 0 saturated carbocycles. The number of ether oxygens (including phenoxy) is 1. The summed E-state index contributed by atoms with van der Waals surface area (Å²) >= 11 is 0. The van der Waals surface area contributed by atoms with E-state index < -0.39 is 0 Å². The average Bonchev–Trinajstić information content (AvgIpc) is 2.46. The van der Waals surface area contributed by atoms with E-state index >= 15 is 0 Å². The van der Waals surface area contributed by atoms with Crippen LogP contribution >= 0.6 is 0 Å². The minimum Gasteiger partial charge on any atom is -0.489 e. The van der Waals surface area contributed by atoms with E-state index in [4.69, 9.17) is 16.2 Å². The van der Waals surface area contributed by atoms with Gasteiger partial charge >= 0.3 is 0 Å². The van der Waals surface area contributed by atoms with Crippen LogP contribution in [0, 0.1) is 6.92 Å². The Hall–Kier alpha value is -1.84. The molecule has 3 heteroatoms. The lowest BCUT2D eigenvalue weighted by molar-refractivity contribution is 0.301. The maximum atomic E-state index is 6.03. The molecule has 0 bridgehead atoms. The van der Waals surface area contributed by atoms with Crippen molar-refractivity contribution in [3.8, 4) is 5.75 Å². The molecule has 0 fully saturated rings. The Balaban J connectivity index is 2.15. The van der Waals surface area contributed by atoms with Crippen LogP contribution in [-0.4, -0.2) is 6.54 Å². The van der Waals surface area contributed by atoms with Crippen molar-refractivity contribution in [2.24, 2.45) is 11.5 Å². The van der Waals surface area contributed by atoms with Gasteiger partial charge in [0.2, 0.25) is 0 Å². The van der Waals surface area contributed by atoms with E-state index in [1.54, 1.807) is 0 Å². The van der Waals surface area contributed by atoms with Gasteiger partial charge in [-0.05, 0) is 18.6 Å². The zero-order valence-electron chi connectivity index (χ0n) is 11.2. The fraction of sp³-hybridized carbons (Fsp3) is 0.250. The Kier molecular flexibility index (Phi) is 4.55. The molecule has 0 heterocycles. The topological polar surface area (TPSA) is 61.3 Å². The van der Waals surface area contributed by atoms with Gasteiger partial charge in [-0.15, -0.1) is 0 Å². The van der Waals surface area contributed by atoms with E-state index in [1.807, 2.05) is 55.5 Å². The molecule has 0 aliphatic heterocycles. The van der Waals surface area contributed by atoms with Gasteiger partial charge in [0.25, 0.3) is 0 Å². The molecule has 0 radical (unpaired) electrons. The second-order valence-electron chi connectivity index (χ2n) is 4.66. The normalized spacial score (nSPS) is 12.2. The van der Waals surface area contributed by atoms with Gasteiger partial charge < -0.3 is 16.2 Å². The van der Waals surface area contributed by atoms with E-state index in [2.05, 4.69) is 0 Å². The maximum Gasteiger partial charge on any atom is 0.124 e. The van der Waals surface area contributed by atoms with E-state index in [0.717, 1.165) is 22.4 Å². The molecule has 1 atom stereocenters. The highest BCUT2D eigenvalue weighted by molar-refractivity contribution is 5.39. The molecule has 2 aromatic rings. The van der Waals surface area contributed by atoms with Crippen LogP contribution in [0.15, 0.2) is 48.5 Å². The van der Waals surface area contributed by atoms with Crippen molar-refractivity contribution >= 4 is 0 Å². The highest BCUT2D eigenvalue weighted by atomic mass is 16.5. The van der Waals surface area contributed by atoms with Gasteiger partial charge in [0.05, 0.1) is 0 Å². The van der Waals surface area contributed by atoms with Gasteiger partial charge in [0.15, 0.2) is 0 Å². The Morgan fingerprint density at radius 3 is 2.53 bits per heavy atom. The maximum absolute atomic E-state index is 6.03. The predicted octanol–water partition coefficient (Wildman–Crippen LogP) is 2.53. The fourth-order valence-electron chi connectivity index (χ4n) is 1.95. The number of hydrogen-bond donors (Lipinski definition) is 2. The fourth-order valence-corrected chi connectivity index (χ4v) is 1.95. The van der Waals surface area contributed by atoms with E-state index in [1.165, 1.54) is 0 Å². The molecule has 0 amide bonds. The van der Waals surface area contributed by atoms with Crippen LogP contribution < -0.4 is 16.2 Å². The molecule has 0 saturated heterocycles. The lowest BCUT2D eigenvalue weighted by Gasteiger charge is -2.16. The third-order valence-corrected chi connectivity index (χ3v) is 3.06. The Labute approximate surface area is 114 Å². The summed E-state index contributed by atoms with van der Waals surface area (Å²) in [6, 6.07) is 15.9. The highest BCUT2D eigenvalue weighted by Crippen LogP contribution is 2.25. The standard InChI is InChI=1S/C16H20N2O/c1-12-7-8-16(14(9-12)15(18)10-17)19-11-13-5-3-2-4-6-13/h2-9,15H,10-11,17-18H2,1H3. The molecule has 0 aliphatic rings. The zero-order chi connectivity index (χ0) is 13.7. The van der Waals surface area contributed by atoms with Crippen LogP contribution in [0.4, 0.5) is 0 Å². The van der Waals surface area contributed by atoms with Crippen molar-refractivity contribution in [1.29, 1.82) is 0 Å². The first-order chi connectivity index (χ1) is 9.20. The molecule has 19 heavy (non-hydrogen) atoms. The third kappa shape index (κ3) is 3.56. The van der Waals surface area contributed by atoms with Gasteiger partial charge in [0, 0.05) is 18.2 Å². The van der Waals surface area contributed by atoms with Crippen molar-refractivity contribution in [3.63, 3.8) is 0 Å². The van der Waals surface area contributed by atoms with Crippen LogP contribution in [-0.2, 0) is 6.61 Å². The molecule has 3 nitrogen and oxygen atoms in total. The molecule has 2 aromatic carbocycles. The van der Waals surface area contributed by atoms with Gasteiger partial charge in [-0.2, -0.15) is 0 Å². The monoisotopic (exact) mass is 256 g/mol. The molecule has 2 rings (SSSR count). The van der Waals surface area contributed by atoms with E-state index in [0.29, 0.717) is 13.2 Å². The minimum atomic E-state index is -0.189. The molecular weight excluding hydrogens is 236 g/mol. The third-order valence-electron chi connectivity index (χ3n) is 3.06. The summed E-state index contributed by atoms with van der Waals surface area (Å²) in [5.41, 5.74) is 14.9.